The molecule has 0 radical (unpaired) electrons. The molecule has 0 unspecified atom stereocenters. The van der Waals surface area contributed by atoms with Crippen molar-refractivity contribution in [2.45, 2.75) is 18.7 Å². The van der Waals surface area contributed by atoms with Crippen LogP contribution in [0, 0.1) is 6.92 Å². The summed E-state index contributed by atoms with van der Waals surface area (Å²) in [6.07, 6.45) is 1.52. The Morgan fingerprint density at radius 1 is 1.25 bits per heavy atom. The maximum atomic E-state index is 12.3. The van der Waals surface area contributed by atoms with E-state index in [1.54, 1.807) is 24.4 Å². The predicted octanol–water partition coefficient (Wildman–Crippen LogP) is 2.04. The molecule has 8 nitrogen and oxygen atoms in total. The summed E-state index contributed by atoms with van der Waals surface area (Å²) in [4.78, 5) is 15.4. The number of rotatable bonds is 5. The summed E-state index contributed by atoms with van der Waals surface area (Å²) in [7, 11) is -3.70. The van der Waals surface area contributed by atoms with Gasteiger partial charge in [-0.15, -0.1) is 16.4 Å². The molecule has 1 aromatic carbocycles. The van der Waals surface area contributed by atoms with Crippen molar-refractivity contribution in [1.29, 1.82) is 0 Å². The molecule has 2 aromatic heterocycles. The first-order valence-corrected chi connectivity index (χ1v) is 9.21. The minimum Gasteiger partial charge on any atom is -0.293 e. The van der Waals surface area contributed by atoms with Crippen LogP contribution in [0.1, 0.15) is 23.1 Å². The zero-order chi connectivity index (χ0) is 17.3. The van der Waals surface area contributed by atoms with E-state index in [4.69, 9.17) is 0 Å². The number of anilines is 1. The molecule has 0 aliphatic carbocycles. The summed E-state index contributed by atoms with van der Waals surface area (Å²) in [6, 6.07) is 6.11. The van der Waals surface area contributed by atoms with Crippen molar-refractivity contribution in [2.24, 2.45) is 0 Å². The minimum atomic E-state index is -3.70. The van der Waals surface area contributed by atoms with Gasteiger partial charge >= 0.3 is 0 Å². The SMILES string of the molecule is CC(=O)c1nnn(-c2ccc(S(=O)(=O)Nc3nccs3)cc2)c1C. The maximum Gasteiger partial charge on any atom is 0.263 e. The van der Waals surface area contributed by atoms with Crippen LogP contribution >= 0.6 is 11.3 Å². The summed E-state index contributed by atoms with van der Waals surface area (Å²) < 4.78 is 28.5. The van der Waals surface area contributed by atoms with E-state index in [-0.39, 0.29) is 16.4 Å². The molecule has 0 bridgehead atoms. The van der Waals surface area contributed by atoms with Crippen LogP contribution in [0.2, 0.25) is 0 Å². The lowest BCUT2D eigenvalue weighted by molar-refractivity contribution is 0.101. The standard InChI is InChI=1S/C14H13N5O3S2/c1-9-13(10(2)20)16-18-19(9)11-3-5-12(6-4-11)24(21,22)17-14-15-7-8-23-14/h3-8H,1-2H3,(H,15,17). The first-order valence-electron chi connectivity index (χ1n) is 6.84. The first-order chi connectivity index (χ1) is 11.4. The van der Waals surface area contributed by atoms with Gasteiger partial charge in [-0.25, -0.2) is 18.1 Å². The van der Waals surface area contributed by atoms with E-state index in [1.807, 2.05) is 0 Å². The van der Waals surface area contributed by atoms with Crippen molar-refractivity contribution < 1.29 is 13.2 Å². The van der Waals surface area contributed by atoms with Crippen molar-refractivity contribution in [3.05, 3.63) is 47.2 Å². The van der Waals surface area contributed by atoms with Crippen molar-refractivity contribution in [2.75, 3.05) is 4.72 Å². The van der Waals surface area contributed by atoms with Crippen LogP contribution < -0.4 is 4.72 Å². The van der Waals surface area contributed by atoms with E-state index in [0.717, 1.165) is 0 Å². The number of ketones is 1. The number of thiazole rings is 1. The van der Waals surface area contributed by atoms with Gasteiger partial charge in [0.1, 0.15) is 0 Å². The van der Waals surface area contributed by atoms with Gasteiger partial charge in [0, 0.05) is 18.5 Å². The van der Waals surface area contributed by atoms with Crippen molar-refractivity contribution in [3.63, 3.8) is 0 Å². The Kier molecular flexibility index (Phi) is 4.16. The monoisotopic (exact) mass is 363 g/mol. The van der Waals surface area contributed by atoms with Crippen LogP contribution in [0.5, 0.6) is 0 Å². The molecule has 0 atom stereocenters. The molecule has 10 heteroatoms. The van der Waals surface area contributed by atoms with Gasteiger partial charge in [0.05, 0.1) is 16.3 Å². The number of benzene rings is 1. The van der Waals surface area contributed by atoms with Gasteiger partial charge in [0.2, 0.25) is 0 Å². The van der Waals surface area contributed by atoms with Crippen molar-refractivity contribution in [1.82, 2.24) is 20.0 Å². The second kappa shape index (κ2) is 6.13. The van der Waals surface area contributed by atoms with E-state index >= 15 is 0 Å². The molecule has 0 spiro atoms. The van der Waals surface area contributed by atoms with Gasteiger partial charge < -0.3 is 0 Å². The third kappa shape index (κ3) is 3.05. The largest absolute Gasteiger partial charge is 0.293 e. The smallest absolute Gasteiger partial charge is 0.263 e. The quantitative estimate of drug-likeness (QED) is 0.695. The average Bonchev–Trinajstić information content (AvgIpc) is 3.16. The number of nitrogens with zero attached hydrogens (tertiary/aromatic N) is 4. The molecule has 1 N–H and O–H groups in total. The molecular weight excluding hydrogens is 350 g/mol. The van der Waals surface area contributed by atoms with Gasteiger partial charge in [0.15, 0.2) is 16.6 Å². The average molecular weight is 363 g/mol. The summed E-state index contributed by atoms with van der Waals surface area (Å²) >= 11 is 1.20. The highest BCUT2D eigenvalue weighted by atomic mass is 32.2. The summed E-state index contributed by atoms with van der Waals surface area (Å²) in [5, 5.41) is 9.76. The number of hydrogen-bond donors (Lipinski definition) is 1. The lowest BCUT2D eigenvalue weighted by atomic mass is 10.2. The van der Waals surface area contributed by atoms with Gasteiger partial charge in [-0.2, -0.15) is 0 Å². The highest BCUT2D eigenvalue weighted by Crippen LogP contribution is 2.20. The van der Waals surface area contributed by atoms with Crippen LogP contribution in [0.25, 0.3) is 5.69 Å². The Balaban J connectivity index is 1.89. The number of hydrogen-bond acceptors (Lipinski definition) is 7. The zero-order valence-corrected chi connectivity index (χ0v) is 14.4. The molecule has 0 fully saturated rings. The van der Waals surface area contributed by atoms with E-state index in [1.165, 1.54) is 41.3 Å². The fourth-order valence-electron chi connectivity index (χ4n) is 2.11. The first kappa shape index (κ1) is 16.3. The topological polar surface area (TPSA) is 107 Å². The Bertz CT molecular complexity index is 976. The summed E-state index contributed by atoms with van der Waals surface area (Å²) in [6.45, 7) is 3.15. The molecule has 0 aliphatic heterocycles. The third-order valence-electron chi connectivity index (χ3n) is 3.27. The summed E-state index contributed by atoms with van der Waals surface area (Å²) in [5.74, 6) is -0.175. The lowest BCUT2D eigenvalue weighted by Crippen LogP contribution is -2.13. The predicted molar refractivity (Wildman–Crippen MR) is 89.0 cm³/mol. The Hall–Kier alpha value is -2.59. The molecule has 3 rings (SSSR count). The third-order valence-corrected chi connectivity index (χ3v) is 5.45. The highest BCUT2D eigenvalue weighted by Gasteiger charge is 2.17. The van der Waals surface area contributed by atoms with Crippen LogP contribution in [0.15, 0.2) is 40.7 Å². The zero-order valence-electron chi connectivity index (χ0n) is 12.8. The second-order valence-electron chi connectivity index (χ2n) is 4.93. The van der Waals surface area contributed by atoms with E-state index in [2.05, 4.69) is 20.0 Å². The van der Waals surface area contributed by atoms with Crippen LogP contribution in [0.3, 0.4) is 0 Å². The van der Waals surface area contributed by atoms with Gasteiger partial charge in [-0.05, 0) is 31.2 Å². The fraction of sp³-hybridized carbons (Fsp3) is 0.143. The molecule has 0 aliphatic rings. The number of aromatic nitrogens is 4. The Morgan fingerprint density at radius 3 is 2.50 bits per heavy atom. The van der Waals surface area contributed by atoms with Crippen molar-refractivity contribution in [3.8, 4) is 5.69 Å². The van der Waals surface area contributed by atoms with Crippen LogP contribution in [0.4, 0.5) is 5.13 Å². The van der Waals surface area contributed by atoms with Crippen LogP contribution in [-0.2, 0) is 10.0 Å². The summed E-state index contributed by atoms with van der Waals surface area (Å²) in [5.41, 5.74) is 1.50. The number of carbonyl (C=O) groups excluding carboxylic acids is 1. The fourth-order valence-corrected chi connectivity index (χ4v) is 3.90. The maximum absolute atomic E-state index is 12.3. The normalized spacial score (nSPS) is 11.4. The molecule has 0 amide bonds. The number of sulfonamides is 1. The van der Waals surface area contributed by atoms with Gasteiger partial charge in [-0.3, -0.25) is 9.52 Å². The Morgan fingerprint density at radius 2 is 1.96 bits per heavy atom. The molecule has 0 saturated heterocycles. The van der Waals surface area contributed by atoms with Crippen LogP contribution in [-0.4, -0.2) is 34.2 Å². The second-order valence-corrected chi connectivity index (χ2v) is 7.51. The molecular formula is C14H13N5O3S2. The number of carbonyl (C=O) groups is 1. The van der Waals surface area contributed by atoms with Gasteiger partial charge in [0.25, 0.3) is 10.0 Å². The molecule has 124 valence electrons. The molecule has 24 heavy (non-hydrogen) atoms. The number of nitrogens with one attached hydrogen (secondary N) is 1. The minimum absolute atomic E-state index is 0.103. The Labute approximate surface area is 142 Å². The molecule has 0 saturated carbocycles. The van der Waals surface area contributed by atoms with Gasteiger partial charge in [-0.1, -0.05) is 5.21 Å². The highest BCUT2D eigenvalue weighted by molar-refractivity contribution is 7.93. The molecule has 2 heterocycles. The number of Topliss-reactive ketones (excluding diaryl/α,β-unsaturated/α-hetero) is 1. The van der Waals surface area contributed by atoms with E-state index in [0.29, 0.717) is 16.5 Å². The van der Waals surface area contributed by atoms with Crippen molar-refractivity contribution >= 4 is 32.3 Å². The molecule has 3 aromatic rings. The van der Waals surface area contributed by atoms with E-state index in [9.17, 15) is 13.2 Å². The lowest BCUT2D eigenvalue weighted by Gasteiger charge is -2.07. The van der Waals surface area contributed by atoms with E-state index < -0.39 is 10.0 Å².